The molecule has 2 aromatic carbocycles. The summed E-state index contributed by atoms with van der Waals surface area (Å²) >= 11 is 12.1. The highest BCUT2D eigenvalue weighted by Crippen LogP contribution is 2.31. The van der Waals surface area contributed by atoms with Crippen LogP contribution in [0.15, 0.2) is 36.4 Å². The third-order valence-corrected chi connectivity index (χ3v) is 6.34. The van der Waals surface area contributed by atoms with Gasteiger partial charge in [-0.25, -0.2) is 4.79 Å². The van der Waals surface area contributed by atoms with Crippen molar-refractivity contribution in [2.24, 2.45) is 0 Å². The fourth-order valence-corrected chi connectivity index (χ4v) is 4.34. The van der Waals surface area contributed by atoms with Crippen LogP contribution in [-0.4, -0.2) is 43.0 Å². The van der Waals surface area contributed by atoms with E-state index in [4.69, 9.17) is 23.2 Å². The predicted octanol–water partition coefficient (Wildman–Crippen LogP) is 5.47. The van der Waals surface area contributed by atoms with Crippen LogP contribution in [0.25, 0.3) is 0 Å². The average Bonchev–Trinajstić information content (AvgIpc) is 3.45. The Morgan fingerprint density at radius 1 is 0.867 bits per heavy atom. The second-order valence-electron chi connectivity index (χ2n) is 7.61. The molecule has 3 amide bonds. The second kappa shape index (κ2) is 9.14. The molecule has 6 nitrogen and oxygen atoms in total. The predicted molar refractivity (Wildman–Crippen MR) is 122 cm³/mol. The van der Waals surface area contributed by atoms with Crippen LogP contribution in [0.2, 0.25) is 10.0 Å². The molecule has 30 heavy (non-hydrogen) atoms. The minimum atomic E-state index is -0.451. The topological polar surface area (TPSA) is 64.7 Å². The third kappa shape index (κ3) is 4.50. The van der Waals surface area contributed by atoms with Gasteiger partial charge in [0.15, 0.2) is 0 Å². The quantitative estimate of drug-likeness (QED) is 0.653. The molecule has 0 spiro atoms. The van der Waals surface area contributed by atoms with Gasteiger partial charge in [0.25, 0.3) is 5.91 Å². The lowest BCUT2D eigenvalue weighted by molar-refractivity contribution is 0.0793. The third-order valence-electron chi connectivity index (χ3n) is 5.52. The molecule has 0 saturated carbocycles. The number of carbonyl (C=O) groups excluding carboxylic acids is 2. The molecule has 2 N–H and O–H groups in total. The summed E-state index contributed by atoms with van der Waals surface area (Å²) < 4.78 is 0. The van der Waals surface area contributed by atoms with E-state index in [9.17, 15) is 9.59 Å². The van der Waals surface area contributed by atoms with Crippen molar-refractivity contribution >= 4 is 52.2 Å². The summed E-state index contributed by atoms with van der Waals surface area (Å²) in [7, 11) is 0. The van der Waals surface area contributed by atoms with Crippen LogP contribution < -0.4 is 15.5 Å². The Bertz CT molecular complexity index is 954. The van der Waals surface area contributed by atoms with Gasteiger partial charge >= 0.3 is 6.03 Å². The first kappa shape index (κ1) is 20.8. The van der Waals surface area contributed by atoms with Gasteiger partial charge in [0.05, 0.1) is 21.3 Å². The molecule has 2 heterocycles. The van der Waals surface area contributed by atoms with Crippen molar-refractivity contribution in [2.45, 2.75) is 25.7 Å². The zero-order chi connectivity index (χ0) is 21.1. The van der Waals surface area contributed by atoms with Crippen LogP contribution in [0.1, 0.15) is 36.0 Å². The molecule has 4 rings (SSSR count). The summed E-state index contributed by atoms with van der Waals surface area (Å²) in [6.07, 6.45) is 4.32. The number of likely N-dealkylation sites (tertiary alicyclic amines) is 1. The molecule has 0 bridgehead atoms. The Morgan fingerprint density at radius 3 is 2.30 bits per heavy atom. The van der Waals surface area contributed by atoms with E-state index < -0.39 is 6.03 Å². The maximum absolute atomic E-state index is 13.2. The highest BCUT2D eigenvalue weighted by atomic mass is 35.5. The molecule has 2 aliphatic rings. The van der Waals surface area contributed by atoms with E-state index in [0.717, 1.165) is 57.5 Å². The van der Waals surface area contributed by atoms with Crippen molar-refractivity contribution in [1.29, 1.82) is 0 Å². The summed E-state index contributed by atoms with van der Waals surface area (Å²) in [6, 6.07) is 10.1. The summed E-state index contributed by atoms with van der Waals surface area (Å²) in [4.78, 5) is 29.8. The maximum Gasteiger partial charge on any atom is 0.323 e. The van der Waals surface area contributed by atoms with Crippen LogP contribution in [0, 0.1) is 0 Å². The first-order valence-electron chi connectivity index (χ1n) is 10.2. The standard InChI is InChI=1S/C22H24Cl2N4O2/c23-17-6-5-7-18(20(17)24)26-22(30)25-15-8-9-19(27-10-1-2-11-27)16(14-15)21(29)28-12-3-4-13-28/h5-9,14H,1-4,10-13H2,(H2,25,26,30). The molecule has 158 valence electrons. The first-order valence-corrected chi connectivity index (χ1v) is 11.0. The fraction of sp³-hybridized carbons (Fsp3) is 0.364. The lowest BCUT2D eigenvalue weighted by Crippen LogP contribution is -2.30. The molecule has 0 atom stereocenters. The van der Waals surface area contributed by atoms with Crippen LogP contribution >= 0.6 is 23.2 Å². The second-order valence-corrected chi connectivity index (χ2v) is 8.39. The summed E-state index contributed by atoms with van der Waals surface area (Å²) in [5.41, 5.74) is 2.55. The normalized spacial score (nSPS) is 16.1. The van der Waals surface area contributed by atoms with E-state index >= 15 is 0 Å². The fourth-order valence-electron chi connectivity index (χ4n) is 3.99. The van der Waals surface area contributed by atoms with E-state index in [-0.39, 0.29) is 10.9 Å². The van der Waals surface area contributed by atoms with E-state index in [1.165, 1.54) is 0 Å². The number of carbonyl (C=O) groups is 2. The first-order chi connectivity index (χ1) is 14.5. The van der Waals surface area contributed by atoms with Crippen molar-refractivity contribution < 1.29 is 9.59 Å². The van der Waals surface area contributed by atoms with Crippen molar-refractivity contribution in [1.82, 2.24) is 4.90 Å². The number of benzene rings is 2. The van der Waals surface area contributed by atoms with Crippen LogP contribution in [-0.2, 0) is 0 Å². The van der Waals surface area contributed by atoms with Crippen LogP contribution in [0.5, 0.6) is 0 Å². The molecule has 0 aromatic heterocycles. The van der Waals surface area contributed by atoms with E-state index in [1.807, 2.05) is 17.0 Å². The van der Waals surface area contributed by atoms with E-state index in [0.29, 0.717) is 22.0 Å². The lowest BCUT2D eigenvalue weighted by atomic mass is 10.1. The number of hydrogen-bond acceptors (Lipinski definition) is 3. The minimum absolute atomic E-state index is 0.0244. The molecule has 2 aliphatic heterocycles. The summed E-state index contributed by atoms with van der Waals surface area (Å²) in [5, 5.41) is 6.15. The number of nitrogens with zero attached hydrogens (tertiary/aromatic N) is 2. The van der Waals surface area contributed by atoms with Gasteiger partial charge in [0.2, 0.25) is 0 Å². The number of amides is 3. The Balaban J connectivity index is 1.55. The SMILES string of the molecule is O=C(Nc1ccc(N2CCCC2)c(C(=O)N2CCCC2)c1)Nc1cccc(Cl)c1Cl. The highest BCUT2D eigenvalue weighted by molar-refractivity contribution is 6.44. The number of urea groups is 1. The van der Waals surface area contributed by atoms with Crippen molar-refractivity contribution in [3.8, 4) is 0 Å². The van der Waals surface area contributed by atoms with Gasteiger partial charge in [-0.1, -0.05) is 29.3 Å². The number of halogens is 2. The van der Waals surface area contributed by atoms with Gasteiger partial charge in [-0.2, -0.15) is 0 Å². The summed E-state index contributed by atoms with van der Waals surface area (Å²) in [5.74, 6) is 0.0244. The average molecular weight is 447 g/mol. The Kier molecular flexibility index (Phi) is 6.35. The maximum atomic E-state index is 13.2. The summed E-state index contributed by atoms with van der Waals surface area (Å²) in [6.45, 7) is 3.45. The van der Waals surface area contributed by atoms with Crippen LogP contribution in [0.4, 0.5) is 21.9 Å². The van der Waals surface area contributed by atoms with Gasteiger partial charge in [-0.05, 0) is 56.0 Å². The smallest absolute Gasteiger partial charge is 0.323 e. The van der Waals surface area contributed by atoms with Gasteiger partial charge in [0, 0.05) is 37.6 Å². The number of hydrogen-bond donors (Lipinski definition) is 2. The molecule has 2 saturated heterocycles. The molecule has 0 aliphatic carbocycles. The Hall–Kier alpha value is -2.44. The van der Waals surface area contributed by atoms with E-state index in [2.05, 4.69) is 15.5 Å². The molecule has 8 heteroatoms. The molecular formula is C22H24Cl2N4O2. The monoisotopic (exact) mass is 446 g/mol. The highest BCUT2D eigenvalue weighted by Gasteiger charge is 2.25. The van der Waals surface area contributed by atoms with E-state index in [1.54, 1.807) is 24.3 Å². The number of nitrogens with one attached hydrogen (secondary N) is 2. The zero-order valence-corrected chi connectivity index (χ0v) is 18.1. The molecule has 0 unspecified atom stereocenters. The lowest BCUT2D eigenvalue weighted by Gasteiger charge is -2.24. The van der Waals surface area contributed by atoms with Gasteiger partial charge < -0.3 is 20.4 Å². The molecular weight excluding hydrogens is 423 g/mol. The largest absolute Gasteiger partial charge is 0.371 e. The van der Waals surface area contributed by atoms with Crippen molar-refractivity contribution in [3.63, 3.8) is 0 Å². The minimum Gasteiger partial charge on any atom is -0.371 e. The van der Waals surface area contributed by atoms with Crippen molar-refractivity contribution in [2.75, 3.05) is 41.7 Å². The number of rotatable bonds is 4. The Labute approximate surface area is 186 Å². The van der Waals surface area contributed by atoms with Crippen LogP contribution in [0.3, 0.4) is 0 Å². The van der Waals surface area contributed by atoms with Crippen molar-refractivity contribution in [3.05, 3.63) is 52.0 Å². The van der Waals surface area contributed by atoms with Gasteiger partial charge in [-0.3, -0.25) is 4.79 Å². The Morgan fingerprint density at radius 2 is 1.57 bits per heavy atom. The van der Waals surface area contributed by atoms with Gasteiger partial charge in [-0.15, -0.1) is 0 Å². The zero-order valence-electron chi connectivity index (χ0n) is 16.6. The molecule has 0 radical (unpaired) electrons. The molecule has 2 aromatic rings. The van der Waals surface area contributed by atoms with Gasteiger partial charge in [0.1, 0.15) is 0 Å². The molecule has 2 fully saturated rings. The number of anilines is 3.